The van der Waals surface area contributed by atoms with Crippen LogP contribution in [0.4, 0.5) is 0 Å². The third kappa shape index (κ3) is 2.83. The Bertz CT molecular complexity index is 1290. The minimum absolute atomic E-state index is 0.381. The molecule has 4 heteroatoms. The summed E-state index contributed by atoms with van der Waals surface area (Å²) in [6.45, 7) is -3.06. The van der Waals surface area contributed by atoms with E-state index in [-0.39, 0.29) is 12.4 Å². The summed E-state index contributed by atoms with van der Waals surface area (Å²) in [4.78, 5) is 17.1. The van der Waals surface area contributed by atoms with E-state index in [1.807, 2.05) is 0 Å². The molecule has 2 aromatic carbocycles. The van der Waals surface area contributed by atoms with Gasteiger partial charge in [0.05, 0.1) is 13.7 Å². The zero-order chi connectivity index (χ0) is 28.2. The number of carbonyl (C=O) groups excluding carboxylic acids is 1. The summed E-state index contributed by atoms with van der Waals surface area (Å²) in [6, 6.07) is -8.35. The van der Waals surface area contributed by atoms with Crippen LogP contribution >= 0.6 is 0 Å². The molecular weight excluding hydrogens is 298 g/mol. The number of imidazole rings is 1. The van der Waals surface area contributed by atoms with Crippen molar-refractivity contribution in [2.45, 2.75) is 25.2 Å². The molecule has 0 aliphatic heterocycles. The van der Waals surface area contributed by atoms with E-state index >= 15 is 0 Å². The van der Waals surface area contributed by atoms with Gasteiger partial charge in [0.15, 0.2) is 0 Å². The standard InChI is InChI=1S/C20H21N3O/c1-16-22-13-15-23(16)14-12-20(19(21)24,17-8-4-2-5-9-17)18-10-6-3-7-11-18/h2-11,13,15H,12,14H2,1H3,(H2,21,24)/i1D3,2D,3D,4D,5D,6D,7D,8D,9D,10D,11D. The summed E-state index contributed by atoms with van der Waals surface area (Å²) in [5.74, 6) is -1.74. The van der Waals surface area contributed by atoms with E-state index in [9.17, 15) is 4.79 Å². The first-order valence-corrected chi connectivity index (χ1v) is 6.96. The van der Waals surface area contributed by atoms with Gasteiger partial charge in [0, 0.05) is 23.1 Å². The van der Waals surface area contributed by atoms with Crippen molar-refractivity contribution >= 4 is 5.91 Å². The number of benzene rings is 2. The monoisotopic (exact) mass is 332 g/mol. The van der Waals surface area contributed by atoms with Crippen molar-refractivity contribution in [3.63, 3.8) is 0 Å². The molecule has 3 rings (SSSR count). The Hall–Kier alpha value is -2.88. The Morgan fingerprint density at radius 3 is 2.25 bits per heavy atom. The van der Waals surface area contributed by atoms with E-state index in [2.05, 4.69) is 4.98 Å². The number of nitrogens with two attached hydrogens (primary N) is 1. The number of amides is 1. The second kappa shape index (κ2) is 6.71. The minimum Gasteiger partial charge on any atom is -0.369 e. The van der Waals surface area contributed by atoms with E-state index in [1.54, 1.807) is 0 Å². The Morgan fingerprint density at radius 2 is 1.75 bits per heavy atom. The van der Waals surface area contributed by atoms with Gasteiger partial charge >= 0.3 is 0 Å². The van der Waals surface area contributed by atoms with Crippen molar-refractivity contribution in [1.82, 2.24) is 9.55 Å². The van der Waals surface area contributed by atoms with Crippen LogP contribution < -0.4 is 5.73 Å². The lowest BCUT2D eigenvalue weighted by molar-refractivity contribution is -0.122. The molecule has 122 valence electrons. The van der Waals surface area contributed by atoms with Gasteiger partial charge in [-0.1, -0.05) is 60.4 Å². The number of nitrogens with zero attached hydrogens (tertiary/aromatic N) is 2. The molecule has 0 spiro atoms. The molecule has 1 aromatic heterocycles. The van der Waals surface area contributed by atoms with Crippen molar-refractivity contribution in [2.24, 2.45) is 5.73 Å². The molecule has 4 nitrogen and oxygen atoms in total. The summed E-state index contributed by atoms with van der Waals surface area (Å²) in [6.07, 6.45) is 1.84. The lowest BCUT2D eigenvalue weighted by Gasteiger charge is -2.32. The number of carbonyl (C=O) groups is 1. The minimum atomic E-state index is -2.67. The van der Waals surface area contributed by atoms with E-state index in [1.165, 1.54) is 12.4 Å². The SMILES string of the molecule is [2H]c1c([2H])c([2H])c(C(CCn2ccnc2C([2H])([2H])[2H])(C(N)=O)c2c([2H])c([2H])c([2H])c([2H])c2[2H])c([2H])c1[2H]. The van der Waals surface area contributed by atoms with Crippen LogP contribution in [0.3, 0.4) is 0 Å². The van der Waals surface area contributed by atoms with Gasteiger partial charge < -0.3 is 10.3 Å². The molecule has 0 aliphatic rings. The predicted molar refractivity (Wildman–Crippen MR) is 94.4 cm³/mol. The number of aromatic nitrogens is 2. The number of hydrogen-bond acceptors (Lipinski definition) is 2. The highest BCUT2D eigenvalue weighted by molar-refractivity contribution is 5.90. The van der Waals surface area contributed by atoms with Gasteiger partial charge in [0.1, 0.15) is 11.2 Å². The third-order valence-electron chi connectivity index (χ3n) is 3.72. The molecule has 0 unspecified atom stereocenters. The topological polar surface area (TPSA) is 60.9 Å². The maximum absolute atomic E-state index is 13.3. The highest BCUT2D eigenvalue weighted by Crippen LogP contribution is 2.36. The van der Waals surface area contributed by atoms with E-state index in [4.69, 9.17) is 23.6 Å². The van der Waals surface area contributed by atoms with Crippen molar-refractivity contribution in [2.75, 3.05) is 0 Å². The largest absolute Gasteiger partial charge is 0.369 e. The maximum atomic E-state index is 13.3. The van der Waals surface area contributed by atoms with Gasteiger partial charge in [-0.3, -0.25) is 4.79 Å². The smallest absolute Gasteiger partial charge is 0.232 e. The zero-order valence-electron chi connectivity index (χ0n) is 25.4. The molecule has 0 saturated heterocycles. The molecule has 0 radical (unpaired) electrons. The fourth-order valence-electron chi connectivity index (χ4n) is 2.47. The Labute approximate surface area is 160 Å². The summed E-state index contributed by atoms with van der Waals surface area (Å²) in [5.41, 5.74) is 1.86. The van der Waals surface area contributed by atoms with Crippen LogP contribution in [0, 0.1) is 6.85 Å². The van der Waals surface area contributed by atoms with Crippen molar-refractivity contribution < 1.29 is 22.6 Å². The Morgan fingerprint density at radius 1 is 1.17 bits per heavy atom. The van der Waals surface area contributed by atoms with Crippen LogP contribution in [0.15, 0.2) is 72.8 Å². The average molecular weight is 332 g/mol. The first-order chi connectivity index (χ1) is 17.0. The molecule has 0 atom stereocenters. The second-order valence-corrected chi connectivity index (χ2v) is 4.96. The lowest BCUT2D eigenvalue weighted by Crippen LogP contribution is -2.43. The van der Waals surface area contributed by atoms with Gasteiger partial charge in [-0.15, -0.1) is 0 Å². The fraction of sp³-hybridized carbons (Fsp3) is 0.200. The van der Waals surface area contributed by atoms with Crippen LogP contribution in [0.1, 0.15) is 41.2 Å². The molecule has 24 heavy (non-hydrogen) atoms. The third-order valence-corrected chi connectivity index (χ3v) is 3.72. The van der Waals surface area contributed by atoms with Crippen LogP contribution in [0.25, 0.3) is 0 Å². The van der Waals surface area contributed by atoms with Crippen LogP contribution in [-0.2, 0) is 16.8 Å². The molecule has 1 amide bonds. The number of primary amides is 1. The van der Waals surface area contributed by atoms with Gasteiger partial charge in [-0.05, 0) is 24.4 Å². The predicted octanol–water partition coefficient (Wildman–Crippen LogP) is 3.05. The van der Waals surface area contributed by atoms with E-state index < -0.39 is 96.1 Å². The molecule has 0 bridgehead atoms. The maximum Gasteiger partial charge on any atom is 0.232 e. The number of aryl methyl sites for hydroxylation is 2. The van der Waals surface area contributed by atoms with Crippen LogP contribution in [-0.4, -0.2) is 15.5 Å². The van der Waals surface area contributed by atoms with Crippen LogP contribution in [0.2, 0.25) is 0 Å². The van der Waals surface area contributed by atoms with E-state index in [0.29, 0.717) is 0 Å². The second-order valence-electron chi connectivity index (χ2n) is 4.96. The number of hydrogen-bond donors (Lipinski definition) is 1. The normalized spacial score (nSPS) is 19.6. The first-order valence-electron chi connectivity index (χ1n) is 13.5. The molecule has 3 aromatic rings. The zero-order valence-corrected chi connectivity index (χ0v) is 12.4. The van der Waals surface area contributed by atoms with E-state index in [0.717, 1.165) is 4.57 Å². The van der Waals surface area contributed by atoms with Crippen molar-refractivity contribution in [3.8, 4) is 0 Å². The van der Waals surface area contributed by atoms with Gasteiger partial charge in [0.25, 0.3) is 0 Å². The van der Waals surface area contributed by atoms with Gasteiger partial charge in [-0.2, -0.15) is 0 Å². The highest BCUT2D eigenvalue weighted by atomic mass is 16.1. The summed E-state index contributed by atoms with van der Waals surface area (Å²) in [7, 11) is 0. The summed E-state index contributed by atoms with van der Waals surface area (Å²) < 4.78 is 106. The van der Waals surface area contributed by atoms with Gasteiger partial charge in [0.2, 0.25) is 5.91 Å². The van der Waals surface area contributed by atoms with Crippen molar-refractivity contribution in [3.05, 3.63) is 89.8 Å². The Balaban J connectivity index is 2.50. The fourth-order valence-corrected chi connectivity index (χ4v) is 2.47. The molecule has 1 heterocycles. The summed E-state index contributed by atoms with van der Waals surface area (Å²) >= 11 is 0. The molecule has 0 saturated carbocycles. The molecular formula is C20H21N3O. The molecule has 0 aliphatic carbocycles. The summed E-state index contributed by atoms with van der Waals surface area (Å²) in [5, 5.41) is 0. The number of rotatable bonds is 6. The van der Waals surface area contributed by atoms with Gasteiger partial charge in [-0.25, -0.2) is 4.98 Å². The Kier molecular flexibility index (Phi) is 1.83. The molecule has 0 fully saturated rings. The van der Waals surface area contributed by atoms with Crippen LogP contribution in [0.5, 0.6) is 0 Å². The lowest BCUT2D eigenvalue weighted by atomic mass is 9.71. The highest BCUT2D eigenvalue weighted by Gasteiger charge is 2.40. The first kappa shape index (κ1) is 6.55. The average Bonchev–Trinajstić information content (AvgIpc) is 3.31. The van der Waals surface area contributed by atoms with Crippen molar-refractivity contribution in [1.29, 1.82) is 0 Å². The molecule has 2 N–H and O–H groups in total. The quantitative estimate of drug-likeness (QED) is 0.754.